The van der Waals surface area contributed by atoms with E-state index in [4.69, 9.17) is 0 Å². The first-order valence-corrected chi connectivity index (χ1v) is 4.72. The Morgan fingerprint density at radius 3 is 2.08 bits per heavy atom. The minimum absolute atomic E-state index is 0.530. The molecule has 0 saturated carbocycles. The quantitative estimate of drug-likeness (QED) is 0.486. The molecule has 2 heteroatoms. The molecule has 0 aromatic heterocycles. The molecule has 0 heterocycles. The maximum absolute atomic E-state index is 9.62. The third kappa shape index (κ3) is 24.7. The van der Waals surface area contributed by atoms with Crippen molar-refractivity contribution in [1.82, 2.24) is 0 Å². The first kappa shape index (κ1) is 14.6. The van der Waals surface area contributed by atoms with E-state index in [0.717, 1.165) is 25.4 Å². The van der Waals surface area contributed by atoms with Gasteiger partial charge in [-0.1, -0.05) is 33.3 Å². The third-order valence-electron chi connectivity index (χ3n) is 1.24. The van der Waals surface area contributed by atoms with Gasteiger partial charge in [0.2, 0.25) is 0 Å². The second-order valence-electron chi connectivity index (χ2n) is 3.15. The van der Waals surface area contributed by atoms with Gasteiger partial charge in [-0.2, -0.15) is 0 Å². The lowest BCUT2D eigenvalue weighted by molar-refractivity contribution is -0.108. The fourth-order valence-electron chi connectivity index (χ4n) is 0.511. The number of carbonyl (C=O) groups is 2. The summed E-state index contributed by atoms with van der Waals surface area (Å²) in [4.78, 5) is 19.2. The summed E-state index contributed by atoms with van der Waals surface area (Å²) in [5, 5.41) is 0. The Labute approximate surface area is 81.0 Å². The largest absolute Gasteiger partial charge is 0.303 e. The van der Waals surface area contributed by atoms with E-state index in [0.29, 0.717) is 12.3 Å². The van der Waals surface area contributed by atoms with E-state index in [1.807, 2.05) is 19.9 Å². The van der Waals surface area contributed by atoms with Gasteiger partial charge in [0.25, 0.3) is 0 Å². The molecule has 0 bridgehead atoms. The predicted molar refractivity (Wildman–Crippen MR) is 55.6 cm³/mol. The molecule has 2 nitrogen and oxygen atoms in total. The Bertz CT molecular complexity index is 137. The second kappa shape index (κ2) is 13.7. The van der Waals surface area contributed by atoms with Crippen LogP contribution in [0.2, 0.25) is 0 Å². The fraction of sp³-hybridized carbons (Fsp3) is 0.636. The molecule has 13 heavy (non-hydrogen) atoms. The number of hydrogen-bond donors (Lipinski definition) is 0. The molecule has 0 N–H and O–H groups in total. The van der Waals surface area contributed by atoms with Crippen LogP contribution in [0.15, 0.2) is 12.2 Å². The summed E-state index contributed by atoms with van der Waals surface area (Å²) in [5.74, 6) is 0.530. The van der Waals surface area contributed by atoms with Crippen LogP contribution >= 0.6 is 0 Å². The van der Waals surface area contributed by atoms with Crippen molar-refractivity contribution in [2.45, 2.75) is 40.0 Å². The van der Waals surface area contributed by atoms with Crippen molar-refractivity contribution >= 4 is 12.6 Å². The molecule has 0 saturated heterocycles. The first-order valence-electron chi connectivity index (χ1n) is 4.72. The van der Waals surface area contributed by atoms with Crippen LogP contribution in [0.3, 0.4) is 0 Å². The maximum Gasteiger partial charge on any atom is 0.142 e. The number of rotatable bonds is 5. The highest BCUT2D eigenvalue weighted by Crippen LogP contribution is 1.92. The zero-order chi connectivity index (χ0) is 10.5. The zero-order valence-electron chi connectivity index (χ0n) is 8.82. The van der Waals surface area contributed by atoms with Gasteiger partial charge in [0.1, 0.15) is 12.6 Å². The van der Waals surface area contributed by atoms with Crippen LogP contribution in [0.1, 0.15) is 40.0 Å². The van der Waals surface area contributed by atoms with Crippen molar-refractivity contribution in [3.05, 3.63) is 12.2 Å². The monoisotopic (exact) mass is 184 g/mol. The lowest BCUT2D eigenvalue weighted by Gasteiger charge is -1.89. The van der Waals surface area contributed by atoms with E-state index in [1.54, 1.807) is 0 Å². The molecule has 0 spiro atoms. The molecule has 0 rings (SSSR count). The van der Waals surface area contributed by atoms with Gasteiger partial charge in [0.15, 0.2) is 0 Å². The summed E-state index contributed by atoms with van der Waals surface area (Å²) in [6, 6.07) is 0. The van der Waals surface area contributed by atoms with Gasteiger partial charge in [0.05, 0.1) is 0 Å². The van der Waals surface area contributed by atoms with E-state index >= 15 is 0 Å². The summed E-state index contributed by atoms with van der Waals surface area (Å²) in [6.07, 6.45) is 7.97. The Morgan fingerprint density at radius 2 is 1.85 bits per heavy atom. The SMILES string of the molecule is CC(C)CC=O.CCCC=CC=O. The van der Waals surface area contributed by atoms with Crippen LogP contribution < -0.4 is 0 Å². The summed E-state index contributed by atoms with van der Waals surface area (Å²) in [6.45, 7) is 6.12. The van der Waals surface area contributed by atoms with Crippen molar-refractivity contribution in [2.75, 3.05) is 0 Å². The molecule has 0 aliphatic rings. The average molecular weight is 184 g/mol. The van der Waals surface area contributed by atoms with E-state index in [2.05, 4.69) is 6.92 Å². The number of carbonyl (C=O) groups excluding carboxylic acids is 2. The Morgan fingerprint density at radius 1 is 1.23 bits per heavy atom. The highest BCUT2D eigenvalue weighted by atomic mass is 16.1. The molecule has 76 valence electrons. The molecule has 0 aromatic rings. The van der Waals surface area contributed by atoms with Gasteiger partial charge >= 0.3 is 0 Å². The molecule has 0 fully saturated rings. The molecule has 0 aliphatic carbocycles. The highest BCUT2D eigenvalue weighted by molar-refractivity contribution is 5.64. The normalized spacial score (nSPS) is 9.54. The van der Waals surface area contributed by atoms with Crippen LogP contribution in [-0.4, -0.2) is 12.6 Å². The molecular weight excluding hydrogens is 164 g/mol. The number of hydrogen-bond acceptors (Lipinski definition) is 2. The maximum atomic E-state index is 9.62. The number of allylic oxidation sites excluding steroid dienone is 2. The third-order valence-corrected chi connectivity index (χ3v) is 1.24. The van der Waals surface area contributed by atoms with Gasteiger partial charge < -0.3 is 4.79 Å². The predicted octanol–water partition coefficient (Wildman–Crippen LogP) is 2.77. The van der Waals surface area contributed by atoms with Crippen molar-refractivity contribution < 1.29 is 9.59 Å². The van der Waals surface area contributed by atoms with Crippen LogP contribution in [0.4, 0.5) is 0 Å². The van der Waals surface area contributed by atoms with Gasteiger partial charge in [-0.3, -0.25) is 4.79 Å². The van der Waals surface area contributed by atoms with E-state index in [1.165, 1.54) is 6.08 Å². The van der Waals surface area contributed by atoms with E-state index in [-0.39, 0.29) is 0 Å². The van der Waals surface area contributed by atoms with Crippen molar-refractivity contribution in [3.63, 3.8) is 0 Å². The minimum Gasteiger partial charge on any atom is -0.303 e. The number of aldehydes is 2. The van der Waals surface area contributed by atoms with Gasteiger partial charge in [-0.05, 0) is 18.4 Å². The molecule has 0 amide bonds. The highest BCUT2D eigenvalue weighted by Gasteiger charge is 1.85. The van der Waals surface area contributed by atoms with E-state index in [9.17, 15) is 9.59 Å². The van der Waals surface area contributed by atoms with Crippen LogP contribution in [0.5, 0.6) is 0 Å². The van der Waals surface area contributed by atoms with Gasteiger partial charge in [-0.25, -0.2) is 0 Å². The summed E-state index contributed by atoms with van der Waals surface area (Å²) in [5.41, 5.74) is 0. The standard InChI is InChI=1S/C6H10O.C5H10O/c1-2-3-4-5-6-7;1-5(2)3-4-6/h4-6H,2-3H2,1H3;4-5H,3H2,1-2H3. The molecule has 0 atom stereocenters. The van der Waals surface area contributed by atoms with Crippen molar-refractivity contribution in [2.24, 2.45) is 5.92 Å². The van der Waals surface area contributed by atoms with Gasteiger partial charge in [0, 0.05) is 6.42 Å². The summed E-state index contributed by atoms with van der Waals surface area (Å²) >= 11 is 0. The first-order chi connectivity index (χ1) is 6.18. The molecule has 0 unspecified atom stereocenters. The average Bonchev–Trinajstić information content (AvgIpc) is 2.06. The minimum atomic E-state index is 0.530. The Balaban J connectivity index is 0. The summed E-state index contributed by atoms with van der Waals surface area (Å²) in [7, 11) is 0. The van der Waals surface area contributed by atoms with E-state index < -0.39 is 0 Å². The Hall–Kier alpha value is -0.920. The second-order valence-corrected chi connectivity index (χ2v) is 3.15. The number of unbranched alkanes of at least 4 members (excludes halogenated alkanes) is 1. The van der Waals surface area contributed by atoms with Crippen LogP contribution in [0, 0.1) is 5.92 Å². The summed E-state index contributed by atoms with van der Waals surface area (Å²) < 4.78 is 0. The van der Waals surface area contributed by atoms with Crippen LogP contribution in [0.25, 0.3) is 0 Å². The van der Waals surface area contributed by atoms with Crippen molar-refractivity contribution in [1.29, 1.82) is 0 Å². The fourth-order valence-corrected chi connectivity index (χ4v) is 0.511. The zero-order valence-corrected chi connectivity index (χ0v) is 8.82. The lowest BCUT2D eigenvalue weighted by Crippen LogP contribution is -1.84. The topological polar surface area (TPSA) is 34.1 Å². The Kier molecular flexibility index (Phi) is 15.3. The molecule has 0 radical (unpaired) electrons. The smallest absolute Gasteiger partial charge is 0.142 e. The molecular formula is C11H20O2. The molecule has 0 aliphatic heterocycles. The molecule has 0 aromatic carbocycles. The van der Waals surface area contributed by atoms with Gasteiger partial charge in [-0.15, -0.1) is 0 Å². The lowest BCUT2D eigenvalue weighted by atomic mass is 10.2. The van der Waals surface area contributed by atoms with Crippen molar-refractivity contribution in [3.8, 4) is 0 Å². The van der Waals surface area contributed by atoms with Crippen LogP contribution in [-0.2, 0) is 9.59 Å².